The number of hydrogen-bond acceptors (Lipinski definition) is 0. The van der Waals surface area contributed by atoms with Crippen molar-refractivity contribution in [2.45, 2.75) is 45.4 Å². The average molecular weight is 150 g/mol. The summed E-state index contributed by atoms with van der Waals surface area (Å²) in [5.74, 6) is 0. The maximum atomic E-state index is 2.40. The summed E-state index contributed by atoms with van der Waals surface area (Å²) in [5.41, 5.74) is 1.58. The summed E-state index contributed by atoms with van der Waals surface area (Å²) in [7, 11) is 0. The molecule has 0 fully saturated rings. The van der Waals surface area contributed by atoms with Gasteiger partial charge in [0.25, 0.3) is 0 Å². The topological polar surface area (TPSA) is 0 Å². The Morgan fingerprint density at radius 2 is 1.73 bits per heavy atom. The highest BCUT2D eigenvalue weighted by Crippen LogP contribution is 2.11. The number of hydrogen-bond donors (Lipinski definition) is 0. The quantitative estimate of drug-likeness (QED) is 0.460. The minimum Gasteiger partial charge on any atom is -0.0885 e. The standard InChI is InChI=1S/C11H18/c1-11-9-7-5-3-2-4-6-8-10-11/h2-3,10H,4-9H2,1H3/b3-2+,11-10+. The Labute approximate surface area is 70.0 Å². The van der Waals surface area contributed by atoms with E-state index in [2.05, 4.69) is 25.2 Å². The van der Waals surface area contributed by atoms with Crippen molar-refractivity contribution in [2.75, 3.05) is 0 Å². The molecule has 0 heteroatoms. The van der Waals surface area contributed by atoms with Gasteiger partial charge in [0.15, 0.2) is 0 Å². The molecular formula is C11H18. The van der Waals surface area contributed by atoms with Gasteiger partial charge in [-0.3, -0.25) is 0 Å². The van der Waals surface area contributed by atoms with Crippen molar-refractivity contribution in [3.8, 4) is 0 Å². The molecule has 0 aromatic heterocycles. The Bertz CT molecular complexity index is 151. The summed E-state index contributed by atoms with van der Waals surface area (Å²) in [6.07, 6.45) is 14.8. The third-order valence-corrected chi connectivity index (χ3v) is 2.18. The summed E-state index contributed by atoms with van der Waals surface area (Å²) >= 11 is 0. The Hall–Kier alpha value is -0.520. The van der Waals surface area contributed by atoms with Crippen LogP contribution < -0.4 is 0 Å². The average Bonchev–Trinajstić information content (AvgIpc) is 2.03. The van der Waals surface area contributed by atoms with Crippen LogP contribution in [0.1, 0.15) is 45.4 Å². The number of rotatable bonds is 0. The molecule has 0 atom stereocenters. The highest BCUT2D eigenvalue weighted by Gasteiger charge is 1.91. The molecule has 11 heavy (non-hydrogen) atoms. The molecular weight excluding hydrogens is 132 g/mol. The third kappa shape index (κ3) is 4.02. The van der Waals surface area contributed by atoms with E-state index in [9.17, 15) is 0 Å². The van der Waals surface area contributed by atoms with Crippen molar-refractivity contribution in [3.63, 3.8) is 0 Å². The van der Waals surface area contributed by atoms with Gasteiger partial charge in [-0.05, 0) is 45.4 Å². The first-order valence-corrected chi connectivity index (χ1v) is 4.70. The zero-order chi connectivity index (χ0) is 7.94. The molecule has 1 rings (SSSR count). The molecule has 62 valence electrons. The molecule has 0 unspecified atom stereocenters. The summed E-state index contributed by atoms with van der Waals surface area (Å²) in [6.45, 7) is 2.26. The van der Waals surface area contributed by atoms with Crippen LogP contribution in [0.2, 0.25) is 0 Å². The zero-order valence-electron chi connectivity index (χ0n) is 7.47. The Balaban J connectivity index is 2.34. The maximum Gasteiger partial charge on any atom is -0.0320 e. The van der Waals surface area contributed by atoms with Gasteiger partial charge in [-0.2, -0.15) is 0 Å². The molecule has 0 heterocycles. The lowest BCUT2D eigenvalue weighted by Crippen LogP contribution is -1.81. The van der Waals surface area contributed by atoms with Crippen LogP contribution in [0.4, 0.5) is 0 Å². The molecule has 0 nitrogen and oxygen atoms in total. The molecule has 1 aliphatic carbocycles. The van der Waals surface area contributed by atoms with Gasteiger partial charge in [-0.1, -0.05) is 23.8 Å². The molecule has 0 aromatic carbocycles. The normalized spacial score (nSPS) is 28.6. The summed E-state index contributed by atoms with van der Waals surface area (Å²) in [5, 5.41) is 0. The monoisotopic (exact) mass is 150 g/mol. The van der Waals surface area contributed by atoms with Gasteiger partial charge in [0.05, 0.1) is 0 Å². The lowest BCUT2D eigenvalue weighted by Gasteiger charge is -2.01. The van der Waals surface area contributed by atoms with Gasteiger partial charge in [-0.25, -0.2) is 0 Å². The van der Waals surface area contributed by atoms with Gasteiger partial charge < -0.3 is 0 Å². The zero-order valence-corrected chi connectivity index (χ0v) is 7.47. The van der Waals surface area contributed by atoms with Crippen LogP contribution in [-0.2, 0) is 0 Å². The van der Waals surface area contributed by atoms with Crippen molar-refractivity contribution in [2.24, 2.45) is 0 Å². The van der Waals surface area contributed by atoms with E-state index < -0.39 is 0 Å². The minimum atomic E-state index is 1.27. The fourth-order valence-corrected chi connectivity index (χ4v) is 1.42. The Morgan fingerprint density at radius 1 is 1.00 bits per heavy atom. The first kappa shape index (κ1) is 8.58. The summed E-state index contributed by atoms with van der Waals surface area (Å²) < 4.78 is 0. The van der Waals surface area contributed by atoms with Gasteiger partial charge in [0.1, 0.15) is 0 Å². The third-order valence-electron chi connectivity index (χ3n) is 2.18. The van der Waals surface area contributed by atoms with Crippen molar-refractivity contribution >= 4 is 0 Å². The molecule has 0 aromatic rings. The molecule has 0 radical (unpaired) electrons. The molecule has 0 amide bonds. The predicted octanol–water partition coefficient (Wildman–Crippen LogP) is 3.84. The van der Waals surface area contributed by atoms with Crippen LogP contribution in [0.15, 0.2) is 23.8 Å². The van der Waals surface area contributed by atoms with Crippen LogP contribution in [-0.4, -0.2) is 0 Å². The van der Waals surface area contributed by atoms with E-state index in [1.54, 1.807) is 5.57 Å². The van der Waals surface area contributed by atoms with E-state index in [0.29, 0.717) is 0 Å². The fourth-order valence-electron chi connectivity index (χ4n) is 1.42. The lowest BCUT2D eigenvalue weighted by atomic mass is 10.1. The highest BCUT2D eigenvalue weighted by atomic mass is 14.0. The van der Waals surface area contributed by atoms with Crippen LogP contribution in [0.3, 0.4) is 0 Å². The van der Waals surface area contributed by atoms with Gasteiger partial charge in [0, 0.05) is 0 Å². The van der Waals surface area contributed by atoms with E-state index in [1.807, 2.05) is 0 Å². The second-order valence-electron chi connectivity index (χ2n) is 3.35. The SMILES string of the molecule is C/C1=C\CCC/C=C/CCC1. The maximum absolute atomic E-state index is 2.40. The summed E-state index contributed by atoms with van der Waals surface area (Å²) in [6, 6.07) is 0. The van der Waals surface area contributed by atoms with Crippen LogP contribution in [0.25, 0.3) is 0 Å². The first-order chi connectivity index (χ1) is 5.39. The molecule has 0 saturated carbocycles. The molecule has 0 saturated heterocycles. The van der Waals surface area contributed by atoms with E-state index >= 15 is 0 Å². The second-order valence-corrected chi connectivity index (χ2v) is 3.35. The Morgan fingerprint density at radius 3 is 2.55 bits per heavy atom. The lowest BCUT2D eigenvalue weighted by molar-refractivity contribution is 0.789. The van der Waals surface area contributed by atoms with Crippen molar-refractivity contribution in [1.82, 2.24) is 0 Å². The number of allylic oxidation sites excluding steroid dienone is 4. The van der Waals surface area contributed by atoms with Crippen LogP contribution in [0, 0.1) is 0 Å². The van der Waals surface area contributed by atoms with Crippen LogP contribution >= 0.6 is 0 Å². The molecule has 0 spiro atoms. The van der Waals surface area contributed by atoms with E-state index in [0.717, 1.165) is 0 Å². The molecule has 0 bridgehead atoms. The first-order valence-electron chi connectivity index (χ1n) is 4.70. The minimum absolute atomic E-state index is 1.27. The largest absolute Gasteiger partial charge is 0.0885 e. The van der Waals surface area contributed by atoms with Gasteiger partial charge in [-0.15, -0.1) is 0 Å². The molecule has 0 aliphatic heterocycles. The van der Waals surface area contributed by atoms with Crippen molar-refractivity contribution < 1.29 is 0 Å². The van der Waals surface area contributed by atoms with E-state index in [-0.39, 0.29) is 0 Å². The highest BCUT2D eigenvalue weighted by molar-refractivity contribution is 4.99. The van der Waals surface area contributed by atoms with Crippen LogP contribution in [0.5, 0.6) is 0 Å². The second kappa shape index (κ2) is 5.17. The molecule has 0 N–H and O–H groups in total. The van der Waals surface area contributed by atoms with E-state index in [1.165, 1.54) is 38.5 Å². The van der Waals surface area contributed by atoms with Crippen molar-refractivity contribution in [3.05, 3.63) is 23.8 Å². The Kier molecular flexibility index (Phi) is 4.03. The smallest absolute Gasteiger partial charge is 0.0320 e. The van der Waals surface area contributed by atoms with Crippen molar-refractivity contribution in [1.29, 1.82) is 0 Å². The van der Waals surface area contributed by atoms with Gasteiger partial charge >= 0.3 is 0 Å². The summed E-state index contributed by atoms with van der Waals surface area (Å²) in [4.78, 5) is 0. The predicted molar refractivity (Wildman–Crippen MR) is 50.6 cm³/mol. The van der Waals surface area contributed by atoms with E-state index in [4.69, 9.17) is 0 Å². The fraction of sp³-hybridized carbons (Fsp3) is 0.636. The van der Waals surface area contributed by atoms with Gasteiger partial charge in [0.2, 0.25) is 0 Å². The molecule has 1 aliphatic rings.